The largest absolute Gasteiger partial charge is 0.384 e. The fourth-order valence-corrected chi connectivity index (χ4v) is 4.23. The first-order valence-corrected chi connectivity index (χ1v) is 10.7. The average molecular weight is 449 g/mol. The Kier molecular flexibility index (Phi) is 6.66. The lowest BCUT2D eigenvalue weighted by atomic mass is 9.66. The molecule has 0 unspecified atom stereocenters. The number of nitrogens with one attached hydrogen (secondary N) is 1. The lowest BCUT2D eigenvalue weighted by molar-refractivity contribution is -0.156. The molecule has 1 aliphatic heterocycles. The van der Waals surface area contributed by atoms with Crippen LogP contribution in [0.15, 0.2) is 30.6 Å². The number of aromatic nitrogens is 4. The SMILES string of the molecule is CC(C)[C@@H](NC(=O)Cn1cnnn1)C(=O)N1CC[C@](O)(c2ccc(Cl)cc2)C(C)(C)C1. The van der Waals surface area contributed by atoms with Crippen molar-refractivity contribution in [1.29, 1.82) is 0 Å². The zero-order valence-corrected chi connectivity index (χ0v) is 19.0. The standard InChI is InChI=1S/C21H29ClN6O3/c1-14(2)18(24-17(29)11-28-13-23-25-26-28)19(30)27-10-9-21(31,20(3,4)12-27)15-5-7-16(22)8-6-15/h5-8,13-14,18,31H,9-12H2,1-4H3,(H,24,29)/t18-,21+/m1/s1. The van der Waals surface area contributed by atoms with Crippen molar-refractivity contribution in [3.63, 3.8) is 0 Å². The van der Waals surface area contributed by atoms with E-state index in [-0.39, 0.29) is 24.3 Å². The van der Waals surface area contributed by atoms with Crippen molar-refractivity contribution in [1.82, 2.24) is 30.4 Å². The molecule has 1 fully saturated rings. The van der Waals surface area contributed by atoms with Crippen LogP contribution in [0.2, 0.25) is 5.02 Å². The Labute approximate surface area is 186 Å². The molecule has 0 bridgehead atoms. The van der Waals surface area contributed by atoms with Crippen LogP contribution in [-0.4, -0.2) is 61.2 Å². The molecular formula is C21H29ClN6O3. The fourth-order valence-electron chi connectivity index (χ4n) is 4.10. The van der Waals surface area contributed by atoms with Crippen LogP contribution in [0.1, 0.15) is 39.7 Å². The van der Waals surface area contributed by atoms with Crippen molar-refractivity contribution in [2.24, 2.45) is 11.3 Å². The van der Waals surface area contributed by atoms with Gasteiger partial charge in [0, 0.05) is 23.5 Å². The van der Waals surface area contributed by atoms with E-state index in [9.17, 15) is 14.7 Å². The number of carbonyl (C=O) groups is 2. The summed E-state index contributed by atoms with van der Waals surface area (Å²) in [6.07, 6.45) is 1.73. The van der Waals surface area contributed by atoms with Gasteiger partial charge in [0.15, 0.2) is 0 Å². The molecule has 0 radical (unpaired) electrons. The third-order valence-corrected chi connectivity index (χ3v) is 6.28. The molecule has 1 aliphatic rings. The number of carbonyl (C=O) groups excluding carboxylic acids is 2. The molecule has 1 aromatic carbocycles. The minimum absolute atomic E-state index is 0.0642. The second-order valence-corrected chi connectivity index (χ2v) is 9.49. The van der Waals surface area contributed by atoms with E-state index in [2.05, 4.69) is 20.8 Å². The highest BCUT2D eigenvalue weighted by atomic mass is 35.5. The number of amides is 2. The minimum atomic E-state index is -1.09. The molecule has 2 aromatic rings. The van der Waals surface area contributed by atoms with Gasteiger partial charge in [-0.05, 0) is 40.5 Å². The van der Waals surface area contributed by atoms with Crippen LogP contribution in [0.3, 0.4) is 0 Å². The van der Waals surface area contributed by atoms with Gasteiger partial charge in [0.05, 0.1) is 5.60 Å². The fraction of sp³-hybridized carbons (Fsp3) is 0.571. The molecule has 2 amide bonds. The second-order valence-electron chi connectivity index (χ2n) is 9.06. The zero-order chi connectivity index (χ0) is 22.8. The monoisotopic (exact) mass is 448 g/mol. The number of piperidine rings is 1. The smallest absolute Gasteiger partial charge is 0.245 e. The van der Waals surface area contributed by atoms with Gasteiger partial charge in [-0.25, -0.2) is 4.68 Å². The van der Waals surface area contributed by atoms with Gasteiger partial charge >= 0.3 is 0 Å². The van der Waals surface area contributed by atoms with E-state index >= 15 is 0 Å². The summed E-state index contributed by atoms with van der Waals surface area (Å²) >= 11 is 6.00. The Hall–Kier alpha value is -2.52. The summed E-state index contributed by atoms with van der Waals surface area (Å²) in [4.78, 5) is 27.5. The Morgan fingerprint density at radius 3 is 2.48 bits per heavy atom. The van der Waals surface area contributed by atoms with Gasteiger partial charge in [-0.1, -0.05) is 51.4 Å². The molecule has 0 aliphatic carbocycles. The predicted octanol–water partition coefficient (Wildman–Crippen LogP) is 1.61. The maximum absolute atomic E-state index is 13.3. The van der Waals surface area contributed by atoms with E-state index in [1.807, 2.05) is 39.8 Å². The van der Waals surface area contributed by atoms with E-state index in [1.165, 1.54) is 11.0 Å². The van der Waals surface area contributed by atoms with Gasteiger partial charge in [-0.15, -0.1) is 5.10 Å². The highest BCUT2D eigenvalue weighted by Crippen LogP contribution is 2.46. The van der Waals surface area contributed by atoms with Crippen molar-refractivity contribution >= 4 is 23.4 Å². The summed E-state index contributed by atoms with van der Waals surface area (Å²) < 4.78 is 1.30. The van der Waals surface area contributed by atoms with Gasteiger partial charge in [-0.2, -0.15) is 0 Å². The van der Waals surface area contributed by atoms with Crippen LogP contribution in [0, 0.1) is 11.3 Å². The summed E-state index contributed by atoms with van der Waals surface area (Å²) in [6, 6.07) is 6.51. The molecule has 168 valence electrons. The summed E-state index contributed by atoms with van der Waals surface area (Å²) in [5.74, 6) is -0.606. The molecule has 31 heavy (non-hydrogen) atoms. The Morgan fingerprint density at radius 2 is 1.94 bits per heavy atom. The highest BCUT2D eigenvalue weighted by Gasteiger charge is 2.50. The average Bonchev–Trinajstić information content (AvgIpc) is 3.21. The molecule has 1 saturated heterocycles. The molecule has 2 heterocycles. The predicted molar refractivity (Wildman–Crippen MR) is 115 cm³/mol. The first-order chi connectivity index (χ1) is 14.5. The number of hydrogen-bond acceptors (Lipinski definition) is 6. The highest BCUT2D eigenvalue weighted by molar-refractivity contribution is 6.30. The van der Waals surface area contributed by atoms with Crippen molar-refractivity contribution < 1.29 is 14.7 Å². The van der Waals surface area contributed by atoms with Gasteiger partial charge < -0.3 is 15.3 Å². The lowest BCUT2D eigenvalue weighted by Gasteiger charge is -2.51. The number of halogens is 1. The number of tetrazole rings is 1. The second kappa shape index (κ2) is 8.92. The van der Waals surface area contributed by atoms with E-state index in [0.29, 0.717) is 24.5 Å². The first kappa shape index (κ1) is 23.1. The van der Waals surface area contributed by atoms with Crippen LogP contribution in [-0.2, 0) is 21.7 Å². The first-order valence-electron chi connectivity index (χ1n) is 10.3. The van der Waals surface area contributed by atoms with E-state index < -0.39 is 17.1 Å². The summed E-state index contributed by atoms with van der Waals surface area (Å²) in [7, 11) is 0. The third kappa shape index (κ3) is 4.88. The summed E-state index contributed by atoms with van der Waals surface area (Å²) in [6.45, 7) is 8.34. The molecule has 3 rings (SSSR count). The number of likely N-dealkylation sites (tertiary alicyclic amines) is 1. The van der Waals surface area contributed by atoms with Crippen molar-refractivity contribution in [3.05, 3.63) is 41.2 Å². The number of benzene rings is 1. The summed E-state index contributed by atoms with van der Waals surface area (Å²) in [5.41, 5.74) is -0.915. The number of aliphatic hydroxyl groups is 1. The van der Waals surface area contributed by atoms with Gasteiger partial charge in [0.1, 0.15) is 18.9 Å². The lowest BCUT2D eigenvalue weighted by Crippen LogP contribution is -2.60. The van der Waals surface area contributed by atoms with Crippen molar-refractivity contribution in [2.75, 3.05) is 13.1 Å². The maximum atomic E-state index is 13.3. The number of nitrogens with zero attached hydrogens (tertiary/aromatic N) is 5. The normalized spacial score (nSPS) is 21.7. The zero-order valence-electron chi connectivity index (χ0n) is 18.2. The third-order valence-electron chi connectivity index (χ3n) is 6.03. The van der Waals surface area contributed by atoms with E-state index in [4.69, 9.17) is 11.6 Å². The maximum Gasteiger partial charge on any atom is 0.245 e. The van der Waals surface area contributed by atoms with Crippen LogP contribution in [0.25, 0.3) is 0 Å². The molecule has 1 aromatic heterocycles. The Morgan fingerprint density at radius 1 is 1.26 bits per heavy atom. The van der Waals surface area contributed by atoms with Gasteiger partial charge in [0.2, 0.25) is 11.8 Å². The quantitative estimate of drug-likeness (QED) is 0.694. The summed E-state index contributed by atoms with van der Waals surface area (Å²) in [5, 5.41) is 25.6. The molecule has 0 saturated carbocycles. The Bertz CT molecular complexity index is 916. The van der Waals surface area contributed by atoms with Gasteiger partial charge in [0.25, 0.3) is 0 Å². The number of rotatable bonds is 6. The molecule has 2 N–H and O–H groups in total. The van der Waals surface area contributed by atoms with E-state index in [0.717, 1.165) is 5.56 Å². The van der Waals surface area contributed by atoms with Crippen molar-refractivity contribution in [3.8, 4) is 0 Å². The van der Waals surface area contributed by atoms with Gasteiger partial charge in [-0.3, -0.25) is 9.59 Å². The number of hydrogen-bond donors (Lipinski definition) is 2. The van der Waals surface area contributed by atoms with Crippen LogP contribution >= 0.6 is 11.6 Å². The Balaban J connectivity index is 1.72. The molecule has 2 atom stereocenters. The topological polar surface area (TPSA) is 113 Å². The molecule has 10 heteroatoms. The van der Waals surface area contributed by atoms with Crippen LogP contribution in [0.4, 0.5) is 0 Å². The minimum Gasteiger partial charge on any atom is -0.384 e. The van der Waals surface area contributed by atoms with Crippen LogP contribution in [0.5, 0.6) is 0 Å². The van der Waals surface area contributed by atoms with Crippen molar-refractivity contribution in [2.45, 2.75) is 52.3 Å². The molecular weight excluding hydrogens is 420 g/mol. The van der Waals surface area contributed by atoms with E-state index in [1.54, 1.807) is 17.0 Å². The molecule has 9 nitrogen and oxygen atoms in total. The van der Waals surface area contributed by atoms with Crippen LogP contribution < -0.4 is 5.32 Å². The molecule has 0 spiro atoms.